The number of likely N-dealkylation sites (tertiary alicyclic amines) is 1. The summed E-state index contributed by atoms with van der Waals surface area (Å²) in [5.74, 6) is 0. The molecule has 2 atom stereocenters. The number of sulfonamides is 1. The quantitative estimate of drug-likeness (QED) is 0.911. The van der Waals surface area contributed by atoms with Gasteiger partial charge in [-0.1, -0.05) is 30.3 Å². The molecular formula is C16H24N2O4S. The summed E-state index contributed by atoms with van der Waals surface area (Å²) >= 11 is 0. The highest BCUT2D eigenvalue weighted by Gasteiger charge is 2.38. The Morgan fingerprint density at radius 3 is 2.61 bits per heavy atom. The van der Waals surface area contributed by atoms with Gasteiger partial charge in [0, 0.05) is 18.1 Å². The summed E-state index contributed by atoms with van der Waals surface area (Å²) in [4.78, 5) is 13.9. The zero-order chi connectivity index (χ0) is 17.1. The SMILES string of the molecule is C[C@H]1C[C@](C)(NS(C)(=O)=O)CCN1C(=O)OCc1ccccc1. The minimum absolute atomic E-state index is 0.0914. The summed E-state index contributed by atoms with van der Waals surface area (Å²) in [6.45, 7) is 4.48. The number of nitrogens with one attached hydrogen (secondary N) is 1. The van der Waals surface area contributed by atoms with Crippen LogP contribution >= 0.6 is 0 Å². The van der Waals surface area contributed by atoms with E-state index in [4.69, 9.17) is 4.74 Å². The van der Waals surface area contributed by atoms with Crippen molar-refractivity contribution in [2.24, 2.45) is 0 Å². The lowest BCUT2D eigenvalue weighted by Gasteiger charge is -2.43. The summed E-state index contributed by atoms with van der Waals surface area (Å²) in [5.41, 5.74) is 0.414. The van der Waals surface area contributed by atoms with E-state index in [2.05, 4.69) is 4.72 Å². The molecule has 1 aromatic carbocycles. The van der Waals surface area contributed by atoms with Gasteiger partial charge in [-0.15, -0.1) is 0 Å². The Labute approximate surface area is 137 Å². The standard InChI is InChI=1S/C16H24N2O4S/c1-13-11-16(2,17-23(3,20)21)9-10-18(13)15(19)22-12-14-7-5-4-6-8-14/h4-8,13,17H,9-12H2,1-3H3/t13-,16+/m0/s1. The average molecular weight is 340 g/mol. The number of amides is 1. The maximum Gasteiger partial charge on any atom is 0.410 e. The summed E-state index contributed by atoms with van der Waals surface area (Å²) < 4.78 is 31.0. The molecule has 23 heavy (non-hydrogen) atoms. The second kappa shape index (κ2) is 6.88. The van der Waals surface area contributed by atoms with Crippen molar-refractivity contribution in [1.82, 2.24) is 9.62 Å². The van der Waals surface area contributed by atoms with Crippen LogP contribution in [0.5, 0.6) is 0 Å². The molecule has 0 unspecified atom stereocenters. The van der Waals surface area contributed by atoms with Crippen molar-refractivity contribution in [2.75, 3.05) is 12.8 Å². The number of benzene rings is 1. The van der Waals surface area contributed by atoms with Crippen molar-refractivity contribution in [1.29, 1.82) is 0 Å². The Bertz CT molecular complexity index is 647. The molecule has 0 saturated carbocycles. The molecule has 1 aliphatic rings. The highest BCUT2D eigenvalue weighted by molar-refractivity contribution is 7.88. The van der Waals surface area contributed by atoms with Gasteiger partial charge < -0.3 is 9.64 Å². The number of hydrogen-bond donors (Lipinski definition) is 1. The van der Waals surface area contributed by atoms with Crippen LogP contribution in [-0.4, -0.2) is 43.8 Å². The molecule has 128 valence electrons. The van der Waals surface area contributed by atoms with Gasteiger partial charge in [0.05, 0.1) is 6.26 Å². The molecule has 7 heteroatoms. The molecule has 1 amide bonds. The van der Waals surface area contributed by atoms with Crippen LogP contribution in [0, 0.1) is 0 Å². The molecule has 6 nitrogen and oxygen atoms in total. The first-order chi connectivity index (χ1) is 10.7. The van der Waals surface area contributed by atoms with E-state index in [-0.39, 0.29) is 18.7 Å². The molecule has 1 fully saturated rings. The molecule has 0 spiro atoms. The minimum Gasteiger partial charge on any atom is -0.445 e. The fourth-order valence-corrected chi connectivity index (χ4v) is 4.15. The normalized spacial score (nSPS) is 25.2. The van der Waals surface area contributed by atoms with Crippen LogP contribution in [0.4, 0.5) is 4.79 Å². The second-order valence-corrected chi connectivity index (χ2v) is 8.22. The van der Waals surface area contributed by atoms with Crippen molar-refractivity contribution < 1.29 is 17.9 Å². The van der Waals surface area contributed by atoms with Crippen molar-refractivity contribution in [2.45, 2.75) is 44.9 Å². The van der Waals surface area contributed by atoms with E-state index in [1.807, 2.05) is 44.2 Å². The van der Waals surface area contributed by atoms with Gasteiger partial charge in [0.2, 0.25) is 10.0 Å². The third-order valence-electron chi connectivity index (χ3n) is 4.05. The van der Waals surface area contributed by atoms with Gasteiger partial charge in [-0.3, -0.25) is 0 Å². The van der Waals surface area contributed by atoms with E-state index in [1.54, 1.807) is 4.90 Å². The lowest BCUT2D eigenvalue weighted by Crippen LogP contribution is -2.57. The molecule has 0 bridgehead atoms. The lowest BCUT2D eigenvalue weighted by molar-refractivity contribution is 0.0564. The van der Waals surface area contributed by atoms with Crippen molar-refractivity contribution in [3.8, 4) is 0 Å². The fraction of sp³-hybridized carbons (Fsp3) is 0.562. The number of piperidine rings is 1. The Balaban J connectivity index is 1.91. The van der Waals surface area contributed by atoms with Crippen molar-refractivity contribution >= 4 is 16.1 Å². The van der Waals surface area contributed by atoms with Crippen LogP contribution in [-0.2, 0) is 21.4 Å². The maximum atomic E-state index is 12.2. The maximum absolute atomic E-state index is 12.2. The van der Waals surface area contributed by atoms with E-state index >= 15 is 0 Å². The Morgan fingerprint density at radius 1 is 1.39 bits per heavy atom. The van der Waals surface area contributed by atoms with Gasteiger partial charge in [0.15, 0.2) is 0 Å². The summed E-state index contributed by atoms with van der Waals surface area (Å²) in [5, 5.41) is 0. The van der Waals surface area contributed by atoms with Gasteiger partial charge in [-0.2, -0.15) is 0 Å². The van der Waals surface area contributed by atoms with Crippen LogP contribution < -0.4 is 4.72 Å². The second-order valence-electron chi connectivity index (χ2n) is 6.47. The van der Waals surface area contributed by atoms with Gasteiger partial charge in [-0.25, -0.2) is 17.9 Å². The van der Waals surface area contributed by atoms with Crippen molar-refractivity contribution in [3.05, 3.63) is 35.9 Å². The highest BCUT2D eigenvalue weighted by atomic mass is 32.2. The van der Waals surface area contributed by atoms with E-state index < -0.39 is 15.6 Å². The number of hydrogen-bond acceptors (Lipinski definition) is 4. The number of nitrogens with zero attached hydrogens (tertiary/aromatic N) is 1. The topological polar surface area (TPSA) is 75.7 Å². The molecule has 0 aromatic heterocycles. The van der Waals surface area contributed by atoms with E-state index in [9.17, 15) is 13.2 Å². The zero-order valence-corrected chi connectivity index (χ0v) is 14.6. The molecule has 1 N–H and O–H groups in total. The molecular weight excluding hydrogens is 316 g/mol. The van der Waals surface area contributed by atoms with Crippen LogP contribution in [0.3, 0.4) is 0 Å². The van der Waals surface area contributed by atoms with Crippen molar-refractivity contribution in [3.63, 3.8) is 0 Å². The summed E-state index contributed by atoms with van der Waals surface area (Å²) in [6, 6.07) is 9.42. The lowest BCUT2D eigenvalue weighted by atomic mass is 9.87. The number of ether oxygens (including phenoxy) is 1. The third kappa shape index (κ3) is 5.21. The smallest absolute Gasteiger partial charge is 0.410 e. The van der Waals surface area contributed by atoms with Gasteiger partial charge in [0.1, 0.15) is 6.61 Å². The van der Waals surface area contributed by atoms with Gasteiger partial charge >= 0.3 is 6.09 Å². The van der Waals surface area contributed by atoms with Gasteiger partial charge in [-0.05, 0) is 32.3 Å². The zero-order valence-electron chi connectivity index (χ0n) is 13.8. The van der Waals surface area contributed by atoms with E-state index in [0.717, 1.165) is 11.8 Å². The molecule has 0 aliphatic carbocycles. The van der Waals surface area contributed by atoms with Crippen LogP contribution in [0.1, 0.15) is 32.3 Å². The molecule has 1 heterocycles. The first kappa shape index (κ1) is 17.7. The van der Waals surface area contributed by atoms with E-state index in [1.165, 1.54) is 0 Å². The monoisotopic (exact) mass is 340 g/mol. The first-order valence-electron chi connectivity index (χ1n) is 7.65. The minimum atomic E-state index is -3.27. The molecule has 2 rings (SSSR count). The highest BCUT2D eigenvalue weighted by Crippen LogP contribution is 2.27. The van der Waals surface area contributed by atoms with Gasteiger partial charge in [0.25, 0.3) is 0 Å². The number of carbonyl (C=O) groups is 1. The fourth-order valence-electron chi connectivity index (χ4n) is 3.07. The largest absolute Gasteiger partial charge is 0.445 e. The average Bonchev–Trinajstić information content (AvgIpc) is 2.43. The van der Waals surface area contributed by atoms with Crippen LogP contribution in [0.25, 0.3) is 0 Å². The third-order valence-corrected chi connectivity index (χ3v) is 4.92. The summed E-state index contributed by atoms with van der Waals surface area (Å²) in [6.07, 6.45) is 1.91. The number of rotatable bonds is 4. The predicted octanol–water partition coefficient (Wildman–Crippen LogP) is 2.12. The Morgan fingerprint density at radius 2 is 2.04 bits per heavy atom. The summed E-state index contributed by atoms with van der Waals surface area (Å²) in [7, 11) is -3.27. The Kier molecular flexibility index (Phi) is 5.31. The Hall–Kier alpha value is -1.60. The first-order valence-corrected chi connectivity index (χ1v) is 9.54. The molecule has 1 aliphatic heterocycles. The molecule has 1 saturated heterocycles. The van der Waals surface area contributed by atoms with Crippen LogP contribution in [0.15, 0.2) is 30.3 Å². The van der Waals surface area contributed by atoms with E-state index in [0.29, 0.717) is 19.4 Å². The number of carbonyl (C=O) groups excluding carboxylic acids is 1. The molecule has 1 aromatic rings. The predicted molar refractivity (Wildman–Crippen MR) is 88.4 cm³/mol. The van der Waals surface area contributed by atoms with Crippen LogP contribution in [0.2, 0.25) is 0 Å². The molecule has 0 radical (unpaired) electrons.